The Labute approximate surface area is 150 Å². The number of esters is 1. The first-order valence-electron chi connectivity index (χ1n) is 9.09. The predicted octanol–water partition coefficient (Wildman–Crippen LogP) is 2.86. The van der Waals surface area contributed by atoms with Crippen LogP contribution in [-0.2, 0) is 16.1 Å². The van der Waals surface area contributed by atoms with Crippen molar-refractivity contribution in [2.45, 2.75) is 65.8 Å². The Morgan fingerprint density at radius 1 is 1.16 bits per heavy atom. The molecular formula is C18H32N4O3. The van der Waals surface area contributed by atoms with E-state index in [9.17, 15) is 4.79 Å². The Balaban J connectivity index is 2.04. The number of carbonyl (C=O) groups is 1. The molecule has 0 saturated heterocycles. The number of rotatable bonds is 11. The summed E-state index contributed by atoms with van der Waals surface area (Å²) in [5, 5.41) is 6.48. The number of aromatic nitrogens is 1. The molecule has 0 aliphatic rings. The second kappa shape index (κ2) is 12.3. The zero-order valence-corrected chi connectivity index (χ0v) is 16.0. The van der Waals surface area contributed by atoms with Gasteiger partial charge < -0.3 is 19.8 Å². The second-order valence-corrected chi connectivity index (χ2v) is 5.92. The maximum Gasteiger partial charge on any atom is 0.305 e. The molecule has 25 heavy (non-hydrogen) atoms. The van der Waals surface area contributed by atoms with E-state index in [-0.39, 0.29) is 5.97 Å². The Morgan fingerprint density at radius 2 is 1.88 bits per heavy atom. The van der Waals surface area contributed by atoms with E-state index in [1.54, 1.807) is 7.05 Å². The van der Waals surface area contributed by atoms with E-state index in [1.807, 2.05) is 20.8 Å². The van der Waals surface area contributed by atoms with Crippen LogP contribution in [0.5, 0.6) is 0 Å². The number of nitrogens with one attached hydrogen (secondary N) is 2. The van der Waals surface area contributed by atoms with Crippen molar-refractivity contribution < 1.29 is 13.9 Å². The molecule has 0 aromatic carbocycles. The lowest BCUT2D eigenvalue weighted by molar-refractivity contribution is -0.143. The Kier molecular flexibility index (Phi) is 10.4. The highest BCUT2D eigenvalue weighted by molar-refractivity contribution is 5.79. The molecule has 0 bridgehead atoms. The van der Waals surface area contributed by atoms with E-state index in [0.29, 0.717) is 25.5 Å². The summed E-state index contributed by atoms with van der Waals surface area (Å²) in [7, 11) is 1.75. The van der Waals surface area contributed by atoms with Gasteiger partial charge in [-0.25, -0.2) is 4.98 Å². The van der Waals surface area contributed by atoms with Gasteiger partial charge in [0.2, 0.25) is 5.89 Å². The van der Waals surface area contributed by atoms with Crippen LogP contribution in [0.25, 0.3) is 0 Å². The van der Waals surface area contributed by atoms with Crippen molar-refractivity contribution in [1.82, 2.24) is 15.6 Å². The quantitative estimate of drug-likeness (QED) is 0.275. The van der Waals surface area contributed by atoms with Crippen molar-refractivity contribution >= 4 is 11.9 Å². The zero-order valence-electron chi connectivity index (χ0n) is 16.0. The fourth-order valence-electron chi connectivity index (χ4n) is 2.36. The largest absolute Gasteiger partial charge is 0.466 e. The summed E-state index contributed by atoms with van der Waals surface area (Å²) in [6, 6.07) is 0. The van der Waals surface area contributed by atoms with Crippen molar-refractivity contribution in [3.05, 3.63) is 17.3 Å². The molecule has 7 heteroatoms. The minimum Gasteiger partial charge on any atom is -0.466 e. The van der Waals surface area contributed by atoms with Gasteiger partial charge in [-0.2, -0.15) is 0 Å². The molecule has 1 heterocycles. The lowest BCUT2D eigenvalue weighted by Gasteiger charge is -2.10. The van der Waals surface area contributed by atoms with Gasteiger partial charge in [-0.3, -0.25) is 9.79 Å². The maximum atomic E-state index is 11.2. The van der Waals surface area contributed by atoms with Gasteiger partial charge in [-0.15, -0.1) is 0 Å². The van der Waals surface area contributed by atoms with Gasteiger partial charge in [0.25, 0.3) is 0 Å². The number of aryl methyl sites for hydroxylation is 2. The topological polar surface area (TPSA) is 88.8 Å². The van der Waals surface area contributed by atoms with Crippen LogP contribution in [0, 0.1) is 13.8 Å². The third-order valence-corrected chi connectivity index (χ3v) is 3.86. The van der Waals surface area contributed by atoms with Crippen molar-refractivity contribution in [1.29, 1.82) is 0 Å². The summed E-state index contributed by atoms with van der Waals surface area (Å²) in [6.45, 7) is 7.52. The molecule has 142 valence electrons. The highest BCUT2D eigenvalue weighted by Crippen LogP contribution is 2.08. The maximum absolute atomic E-state index is 11.2. The summed E-state index contributed by atoms with van der Waals surface area (Å²) in [6.07, 6.45) is 5.83. The summed E-state index contributed by atoms with van der Waals surface area (Å²) in [5.41, 5.74) is 0.919. The lowest BCUT2D eigenvalue weighted by Crippen LogP contribution is -2.37. The first-order valence-corrected chi connectivity index (χ1v) is 9.09. The molecule has 0 unspecified atom stereocenters. The van der Waals surface area contributed by atoms with Gasteiger partial charge in [-0.05, 0) is 33.6 Å². The molecule has 1 rings (SSSR count). The zero-order chi connectivity index (χ0) is 18.5. The molecule has 0 radical (unpaired) electrons. The molecule has 0 amide bonds. The molecule has 1 aromatic rings. The summed E-state index contributed by atoms with van der Waals surface area (Å²) in [4.78, 5) is 19.7. The lowest BCUT2D eigenvalue weighted by atomic mass is 10.1. The highest BCUT2D eigenvalue weighted by atomic mass is 16.5. The Hall–Kier alpha value is -2.05. The number of unbranched alkanes of at least 4 members (excludes halogenated alkanes) is 4. The van der Waals surface area contributed by atoms with E-state index in [0.717, 1.165) is 56.1 Å². The van der Waals surface area contributed by atoms with Gasteiger partial charge in [0.1, 0.15) is 5.76 Å². The molecule has 7 nitrogen and oxygen atoms in total. The molecule has 0 saturated carbocycles. The minimum atomic E-state index is -0.0875. The highest BCUT2D eigenvalue weighted by Gasteiger charge is 2.06. The number of nitrogens with zero attached hydrogens (tertiary/aromatic N) is 2. The van der Waals surface area contributed by atoms with Gasteiger partial charge in [-0.1, -0.05) is 19.3 Å². The number of hydrogen-bond acceptors (Lipinski definition) is 5. The van der Waals surface area contributed by atoms with Crippen LogP contribution in [0.15, 0.2) is 9.41 Å². The number of ether oxygens (including phenoxy) is 1. The fourth-order valence-corrected chi connectivity index (χ4v) is 2.36. The van der Waals surface area contributed by atoms with Crippen LogP contribution in [0.4, 0.5) is 0 Å². The van der Waals surface area contributed by atoms with E-state index in [2.05, 4.69) is 20.6 Å². The molecule has 0 aliphatic carbocycles. The summed E-state index contributed by atoms with van der Waals surface area (Å²) < 4.78 is 10.4. The average Bonchev–Trinajstić information content (AvgIpc) is 2.91. The first kappa shape index (κ1) is 21.0. The second-order valence-electron chi connectivity index (χ2n) is 5.92. The van der Waals surface area contributed by atoms with E-state index in [1.165, 1.54) is 0 Å². The predicted molar refractivity (Wildman–Crippen MR) is 98.5 cm³/mol. The minimum absolute atomic E-state index is 0.0875. The fraction of sp³-hybridized carbons (Fsp3) is 0.722. The van der Waals surface area contributed by atoms with E-state index < -0.39 is 0 Å². The number of hydrogen-bond donors (Lipinski definition) is 2. The monoisotopic (exact) mass is 352 g/mol. The van der Waals surface area contributed by atoms with Crippen LogP contribution >= 0.6 is 0 Å². The van der Waals surface area contributed by atoms with E-state index in [4.69, 9.17) is 9.15 Å². The summed E-state index contributed by atoms with van der Waals surface area (Å²) >= 11 is 0. The third-order valence-electron chi connectivity index (χ3n) is 3.86. The van der Waals surface area contributed by atoms with Crippen molar-refractivity contribution in [2.75, 3.05) is 20.2 Å². The van der Waals surface area contributed by atoms with Crippen LogP contribution in [0.1, 0.15) is 62.8 Å². The standard InChI is InChI=1S/C18H32N4O3/c1-5-24-17(23)11-9-7-6-8-10-12-20-18(19-4)21-13-16-22-14(2)15(3)25-16/h5-13H2,1-4H3,(H2,19,20,21). The normalized spacial score (nSPS) is 11.4. The number of aliphatic imine (C=N–C) groups is 1. The number of guanidine groups is 1. The molecule has 1 aromatic heterocycles. The van der Waals surface area contributed by atoms with Crippen LogP contribution in [-0.4, -0.2) is 37.1 Å². The third kappa shape index (κ3) is 9.12. The van der Waals surface area contributed by atoms with Crippen LogP contribution < -0.4 is 10.6 Å². The van der Waals surface area contributed by atoms with Crippen molar-refractivity contribution in [3.8, 4) is 0 Å². The van der Waals surface area contributed by atoms with Crippen LogP contribution in [0.2, 0.25) is 0 Å². The van der Waals surface area contributed by atoms with Gasteiger partial charge >= 0.3 is 5.97 Å². The molecule has 0 atom stereocenters. The average molecular weight is 352 g/mol. The number of oxazole rings is 1. The molecule has 2 N–H and O–H groups in total. The molecule has 0 aliphatic heterocycles. The van der Waals surface area contributed by atoms with Gasteiger partial charge in [0.15, 0.2) is 5.96 Å². The Morgan fingerprint density at radius 3 is 2.52 bits per heavy atom. The smallest absolute Gasteiger partial charge is 0.305 e. The van der Waals surface area contributed by atoms with Gasteiger partial charge in [0.05, 0.1) is 18.8 Å². The summed E-state index contributed by atoms with van der Waals surface area (Å²) in [5.74, 6) is 2.17. The Bertz CT molecular complexity index is 521. The van der Waals surface area contributed by atoms with Crippen molar-refractivity contribution in [3.63, 3.8) is 0 Å². The van der Waals surface area contributed by atoms with Crippen LogP contribution in [0.3, 0.4) is 0 Å². The molecule has 0 fully saturated rings. The van der Waals surface area contributed by atoms with Gasteiger partial charge in [0, 0.05) is 20.0 Å². The number of carbonyl (C=O) groups excluding carboxylic acids is 1. The SMILES string of the molecule is CCOC(=O)CCCCCCCNC(=NC)NCc1nc(C)c(C)o1. The van der Waals surface area contributed by atoms with E-state index >= 15 is 0 Å². The molecular weight excluding hydrogens is 320 g/mol. The van der Waals surface area contributed by atoms with Crippen molar-refractivity contribution in [2.24, 2.45) is 4.99 Å². The molecule has 0 spiro atoms. The first-order chi connectivity index (χ1) is 12.1.